The summed E-state index contributed by atoms with van der Waals surface area (Å²) in [6.45, 7) is 9.79. The predicted molar refractivity (Wildman–Crippen MR) is 88.9 cm³/mol. The van der Waals surface area contributed by atoms with E-state index in [4.69, 9.17) is 5.73 Å². The molecule has 4 heteroatoms. The third-order valence-electron chi connectivity index (χ3n) is 3.69. The van der Waals surface area contributed by atoms with Crippen molar-refractivity contribution in [1.82, 2.24) is 10.2 Å². The van der Waals surface area contributed by atoms with E-state index in [1.165, 1.54) is 0 Å². The summed E-state index contributed by atoms with van der Waals surface area (Å²) in [5.41, 5.74) is 7.73. The van der Waals surface area contributed by atoms with E-state index in [2.05, 4.69) is 31.0 Å². The Morgan fingerprint density at radius 2 is 2.05 bits per heavy atom. The van der Waals surface area contributed by atoms with Crippen LogP contribution in [-0.2, 0) is 11.3 Å². The van der Waals surface area contributed by atoms with Crippen molar-refractivity contribution in [2.24, 2.45) is 0 Å². The molecule has 0 saturated carbocycles. The number of rotatable bonds is 8. The SMILES string of the molecule is CCCCNC(=O)C(C)N(Cc1cccc(N)c1)C(C)C. The van der Waals surface area contributed by atoms with Crippen LogP contribution in [0.3, 0.4) is 0 Å². The van der Waals surface area contributed by atoms with Crippen LogP contribution >= 0.6 is 0 Å². The summed E-state index contributed by atoms with van der Waals surface area (Å²) in [5, 5.41) is 3.01. The third-order valence-corrected chi connectivity index (χ3v) is 3.69. The molecule has 0 fully saturated rings. The van der Waals surface area contributed by atoms with Crippen molar-refractivity contribution in [2.45, 2.75) is 59.2 Å². The standard InChI is InChI=1S/C17H29N3O/c1-5-6-10-19-17(21)14(4)20(13(2)3)12-15-8-7-9-16(18)11-15/h7-9,11,13-14H,5-6,10,12,18H2,1-4H3,(H,19,21). The van der Waals surface area contributed by atoms with Crippen LogP contribution in [0.15, 0.2) is 24.3 Å². The van der Waals surface area contributed by atoms with E-state index in [-0.39, 0.29) is 11.9 Å². The minimum Gasteiger partial charge on any atom is -0.399 e. The maximum Gasteiger partial charge on any atom is 0.237 e. The van der Waals surface area contributed by atoms with Crippen molar-refractivity contribution in [1.29, 1.82) is 0 Å². The zero-order chi connectivity index (χ0) is 15.8. The van der Waals surface area contributed by atoms with E-state index in [0.717, 1.165) is 37.2 Å². The summed E-state index contributed by atoms with van der Waals surface area (Å²) in [6, 6.07) is 7.99. The largest absolute Gasteiger partial charge is 0.399 e. The molecule has 1 aromatic rings. The zero-order valence-corrected chi connectivity index (χ0v) is 13.7. The van der Waals surface area contributed by atoms with E-state index in [9.17, 15) is 4.79 Å². The molecule has 0 aliphatic carbocycles. The summed E-state index contributed by atoms with van der Waals surface area (Å²) in [4.78, 5) is 14.4. The Morgan fingerprint density at radius 1 is 1.33 bits per heavy atom. The van der Waals surface area contributed by atoms with Crippen molar-refractivity contribution >= 4 is 11.6 Å². The number of benzene rings is 1. The smallest absolute Gasteiger partial charge is 0.237 e. The maximum atomic E-state index is 12.2. The fraction of sp³-hybridized carbons (Fsp3) is 0.588. The van der Waals surface area contributed by atoms with Gasteiger partial charge in [0.2, 0.25) is 5.91 Å². The minimum absolute atomic E-state index is 0.0982. The number of unbranched alkanes of at least 4 members (excludes halogenated alkanes) is 1. The molecule has 1 amide bonds. The van der Waals surface area contributed by atoms with Gasteiger partial charge in [-0.1, -0.05) is 25.5 Å². The third kappa shape index (κ3) is 5.76. The lowest BCUT2D eigenvalue weighted by Crippen LogP contribution is -2.47. The van der Waals surface area contributed by atoms with Crippen molar-refractivity contribution in [3.63, 3.8) is 0 Å². The Kier molecular flexibility index (Phi) is 7.23. The van der Waals surface area contributed by atoms with Gasteiger partial charge in [0.1, 0.15) is 0 Å². The molecule has 0 saturated heterocycles. The van der Waals surface area contributed by atoms with Gasteiger partial charge < -0.3 is 11.1 Å². The normalized spacial score (nSPS) is 12.7. The second-order valence-electron chi connectivity index (χ2n) is 5.83. The molecule has 0 aliphatic heterocycles. The molecular formula is C17H29N3O. The number of nitrogens with zero attached hydrogens (tertiary/aromatic N) is 1. The van der Waals surface area contributed by atoms with Gasteiger partial charge in [0, 0.05) is 24.8 Å². The predicted octanol–water partition coefficient (Wildman–Crippen LogP) is 2.78. The van der Waals surface area contributed by atoms with Gasteiger partial charge in [-0.25, -0.2) is 0 Å². The summed E-state index contributed by atoms with van der Waals surface area (Å²) >= 11 is 0. The maximum absolute atomic E-state index is 12.2. The molecule has 0 bridgehead atoms. The lowest BCUT2D eigenvalue weighted by molar-refractivity contribution is -0.126. The van der Waals surface area contributed by atoms with Gasteiger partial charge in [-0.05, 0) is 44.9 Å². The Hall–Kier alpha value is -1.55. The topological polar surface area (TPSA) is 58.4 Å². The van der Waals surface area contributed by atoms with Crippen molar-refractivity contribution in [3.05, 3.63) is 29.8 Å². The number of carbonyl (C=O) groups excluding carboxylic acids is 1. The number of nitrogen functional groups attached to an aromatic ring is 1. The molecule has 1 aromatic carbocycles. The van der Waals surface area contributed by atoms with Gasteiger partial charge in [0.05, 0.1) is 6.04 Å². The van der Waals surface area contributed by atoms with Crippen LogP contribution in [-0.4, -0.2) is 29.4 Å². The first-order chi connectivity index (χ1) is 9.95. The lowest BCUT2D eigenvalue weighted by atomic mass is 10.1. The Balaban J connectivity index is 2.69. The van der Waals surface area contributed by atoms with Gasteiger partial charge in [0.15, 0.2) is 0 Å². The van der Waals surface area contributed by atoms with Gasteiger partial charge >= 0.3 is 0 Å². The number of anilines is 1. The summed E-state index contributed by atoms with van der Waals surface area (Å²) in [6.07, 6.45) is 2.11. The molecule has 1 rings (SSSR count). The van der Waals surface area contributed by atoms with Crippen LogP contribution in [0.25, 0.3) is 0 Å². The Labute approximate surface area is 128 Å². The lowest BCUT2D eigenvalue weighted by Gasteiger charge is -2.32. The zero-order valence-electron chi connectivity index (χ0n) is 13.7. The van der Waals surface area contributed by atoms with Crippen LogP contribution in [0.1, 0.15) is 46.1 Å². The quantitative estimate of drug-likeness (QED) is 0.572. The van der Waals surface area contributed by atoms with E-state index in [1.54, 1.807) is 0 Å². The molecule has 3 N–H and O–H groups in total. The number of nitrogens with one attached hydrogen (secondary N) is 1. The highest BCUT2D eigenvalue weighted by molar-refractivity contribution is 5.81. The van der Waals surface area contributed by atoms with Gasteiger partial charge in [0.25, 0.3) is 0 Å². The van der Waals surface area contributed by atoms with Crippen molar-refractivity contribution in [3.8, 4) is 0 Å². The van der Waals surface area contributed by atoms with Gasteiger partial charge in [-0.2, -0.15) is 0 Å². The monoisotopic (exact) mass is 291 g/mol. The molecule has 118 valence electrons. The molecule has 4 nitrogen and oxygen atoms in total. The summed E-state index contributed by atoms with van der Waals surface area (Å²) in [5.74, 6) is 0.0982. The van der Waals surface area contributed by atoms with Crippen LogP contribution in [0, 0.1) is 0 Å². The minimum atomic E-state index is -0.150. The Bertz CT molecular complexity index is 445. The van der Waals surface area contributed by atoms with Crippen LogP contribution in [0.5, 0.6) is 0 Å². The van der Waals surface area contributed by atoms with E-state index >= 15 is 0 Å². The fourth-order valence-corrected chi connectivity index (χ4v) is 2.36. The summed E-state index contributed by atoms with van der Waals surface area (Å²) < 4.78 is 0. The van der Waals surface area contributed by atoms with Crippen LogP contribution < -0.4 is 11.1 Å². The molecule has 0 aliphatic rings. The van der Waals surface area contributed by atoms with E-state index < -0.39 is 0 Å². The number of carbonyl (C=O) groups is 1. The fourth-order valence-electron chi connectivity index (χ4n) is 2.36. The number of hydrogen-bond acceptors (Lipinski definition) is 3. The second-order valence-corrected chi connectivity index (χ2v) is 5.83. The first-order valence-electron chi connectivity index (χ1n) is 7.83. The highest BCUT2D eigenvalue weighted by atomic mass is 16.2. The average molecular weight is 291 g/mol. The molecule has 0 heterocycles. The second kappa shape index (κ2) is 8.67. The molecular weight excluding hydrogens is 262 g/mol. The summed E-state index contributed by atoms with van der Waals surface area (Å²) in [7, 11) is 0. The van der Waals surface area contributed by atoms with Crippen molar-refractivity contribution in [2.75, 3.05) is 12.3 Å². The molecule has 0 spiro atoms. The first-order valence-corrected chi connectivity index (χ1v) is 7.83. The molecule has 0 aromatic heterocycles. The average Bonchev–Trinajstić information content (AvgIpc) is 2.44. The number of amides is 1. The molecule has 1 atom stereocenters. The van der Waals surface area contributed by atoms with E-state index in [1.807, 2.05) is 31.2 Å². The number of hydrogen-bond donors (Lipinski definition) is 2. The van der Waals surface area contributed by atoms with Crippen LogP contribution in [0.4, 0.5) is 5.69 Å². The van der Waals surface area contributed by atoms with Gasteiger partial charge in [-0.15, -0.1) is 0 Å². The molecule has 21 heavy (non-hydrogen) atoms. The highest BCUT2D eigenvalue weighted by Gasteiger charge is 2.23. The first kappa shape index (κ1) is 17.5. The van der Waals surface area contributed by atoms with Crippen molar-refractivity contribution < 1.29 is 4.79 Å². The Morgan fingerprint density at radius 3 is 2.62 bits per heavy atom. The van der Waals surface area contributed by atoms with Gasteiger partial charge in [-0.3, -0.25) is 9.69 Å². The highest BCUT2D eigenvalue weighted by Crippen LogP contribution is 2.14. The molecule has 1 unspecified atom stereocenters. The van der Waals surface area contributed by atoms with E-state index in [0.29, 0.717) is 6.04 Å². The molecule has 0 radical (unpaired) electrons. The van der Waals surface area contributed by atoms with Crippen LogP contribution in [0.2, 0.25) is 0 Å². The number of nitrogens with two attached hydrogens (primary N) is 1.